The van der Waals surface area contributed by atoms with Crippen molar-refractivity contribution in [2.24, 2.45) is 11.7 Å². The van der Waals surface area contributed by atoms with Gasteiger partial charge in [0.25, 0.3) is 0 Å². The molecule has 1 aliphatic rings. The number of carbonyl (C=O) groups is 1. The van der Waals surface area contributed by atoms with Crippen LogP contribution >= 0.6 is 35.6 Å². The zero-order chi connectivity index (χ0) is 20.3. The number of hydrogen-bond acceptors (Lipinski definition) is 2. The van der Waals surface area contributed by atoms with Gasteiger partial charge in [-0.1, -0.05) is 29.3 Å². The number of nitrogens with zero attached hydrogens (tertiary/aromatic N) is 1. The van der Waals surface area contributed by atoms with Gasteiger partial charge in [-0.15, -0.1) is 12.4 Å². The quantitative estimate of drug-likeness (QED) is 0.609. The van der Waals surface area contributed by atoms with E-state index >= 15 is 0 Å². The van der Waals surface area contributed by atoms with Crippen molar-refractivity contribution >= 4 is 47.2 Å². The van der Waals surface area contributed by atoms with Crippen LogP contribution in [-0.4, -0.2) is 19.0 Å². The average molecular weight is 464 g/mol. The highest BCUT2D eigenvalue weighted by Crippen LogP contribution is 2.38. The highest BCUT2D eigenvalue weighted by molar-refractivity contribution is 6.40. The van der Waals surface area contributed by atoms with E-state index in [2.05, 4.69) is 0 Å². The van der Waals surface area contributed by atoms with E-state index in [1.54, 1.807) is 4.90 Å². The molecule has 3 nitrogen and oxygen atoms in total. The second kappa shape index (κ2) is 10.6. The van der Waals surface area contributed by atoms with Crippen molar-refractivity contribution in [1.29, 1.82) is 0 Å². The summed E-state index contributed by atoms with van der Waals surface area (Å²) in [4.78, 5) is 14.1. The van der Waals surface area contributed by atoms with Crippen molar-refractivity contribution < 1.29 is 13.6 Å². The summed E-state index contributed by atoms with van der Waals surface area (Å²) >= 11 is 12.9. The van der Waals surface area contributed by atoms with Crippen molar-refractivity contribution in [2.75, 3.05) is 18.0 Å². The molecule has 3 rings (SSSR count). The first kappa shape index (κ1) is 23.9. The highest BCUT2D eigenvalue weighted by Gasteiger charge is 2.30. The Hall–Kier alpha value is -1.40. The van der Waals surface area contributed by atoms with Gasteiger partial charge in [-0.05, 0) is 67.5 Å². The third-order valence-corrected chi connectivity index (χ3v) is 5.62. The maximum atomic E-state index is 14.0. The second-order valence-electron chi connectivity index (χ2n) is 7.15. The molecule has 0 aliphatic carbocycles. The monoisotopic (exact) mass is 462 g/mol. The molecule has 2 aromatic carbocycles. The Bertz CT molecular complexity index is 856. The zero-order valence-corrected chi connectivity index (χ0v) is 18.1. The molecule has 2 N–H and O–H groups in total. The standard InChI is InChI=1S/C21H22Cl2F2N2O.ClH/c22-17-9-13(2-1-7-26)10-18(23)21(17)27-12-14(3-6-20(27)28)8-15-4-5-16(24)11-19(15)25;/h4-5,9-11,14H,1-3,6-8,12,26H2;1H. The summed E-state index contributed by atoms with van der Waals surface area (Å²) in [7, 11) is 0. The maximum Gasteiger partial charge on any atom is 0.227 e. The normalized spacial score (nSPS) is 16.7. The molecule has 0 saturated carbocycles. The van der Waals surface area contributed by atoms with Crippen LogP contribution < -0.4 is 10.6 Å². The van der Waals surface area contributed by atoms with E-state index in [1.165, 1.54) is 12.1 Å². The summed E-state index contributed by atoms with van der Waals surface area (Å²) < 4.78 is 27.1. The Morgan fingerprint density at radius 3 is 2.45 bits per heavy atom. The van der Waals surface area contributed by atoms with E-state index in [0.717, 1.165) is 24.5 Å². The predicted molar refractivity (Wildman–Crippen MR) is 116 cm³/mol. The summed E-state index contributed by atoms with van der Waals surface area (Å²) in [5.74, 6) is -1.20. The molecule has 2 aromatic rings. The van der Waals surface area contributed by atoms with E-state index in [-0.39, 0.29) is 24.2 Å². The molecular formula is C21H23Cl3F2N2O. The van der Waals surface area contributed by atoms with Crippen LogP contribution in [0.15, 0.2) is 30.3 Å². The van der Waals surface area contributed by atoms with Gasteiger partial charge < -0.3 is 10.6 Å². The van der Waals surface area contributed by atoms with Crippen LogP contribution in [0.1, 0.15) is 30.4 Å². The number of carbonyl (C=O) groups excluding carboxylic acids is 1. The Morgan fingerprint density at radius 2 is 1.83 bits per heavy atom. The number of piperidine rings is 1. The molecule has 158 valence electrons. The first-order valence-corrected chi connectivity index (χ1v) is 10.1. The highest BCUT2D eigenvalue weighted by atomic mass is 35.5. The predicted octanol–water partition coefficient (Wildman–Crippen LogP) is 5.57. The number of hydrogen-bond donors (Lipinski definition) is 1. The zero-order valence-electron chi connectivity index (χ0n) is 15.8. The van der Waals surface area contributed by atoms with Gasteiger partial charge in [-0.3, -0.25) is 4.79 Å². The molecule has 1 atom stereocenters. The summed E-state index contributed by atoms with van der Waals surface area (Å²) in [6.07, 6.45) is 2.96. The lowest BCUT2D eigenvalue weighted by Crippen LogP contribution is -2.41. The molecule has 29 heavy (non-hydrogen) atoms. The van der Waals surface area contributed by atoms with Crippen LogP contribution in [0.2, 0.25) is 10.0 Å². The molecule has 0 bridgehead atoms. The smallest absolute Gasteiger partial charge is 0.227 e. The molecule has 0 spiro atoms. The minimum atomic E-state index is -0.602. The molecule has 8 heteroatoms. The van der Waals surface area contributed by atoms with Crippen LogP contribution in [0, 0.1) is 17.6 Å². The first-order valence-electron chi connectivity index (χ1n) is 9.31. The van der Waals surface area contributed by atoms with Crippen LogP contribution in [-0.2, 0) is 17.6 Å². The number of rotatable bonds is 6. The topological polar surface area (TPSA) is 46.3 Å². The minimum absolute atomic E-state index is 0. The van der Waals surface area contributed by atoms with Crippen LogP contribution in [0.4, 0.5) is 14.5 Å². The third-order valence-electron chi connectivity index (χ3n) is 5.05. The van der Waals surface area contributed by atoms with E-state index in [4.69, 9.17) is 28.9 Å². The molecular weight excluding hydrogens is 441 g/mol. The summed E-state index contributed by atoms with van der Waals surface area (Å²) in [5.41, 5.74) is 7.45. The van der Waals surface area contributed by atoms with Crippen molar-refractivity contribution in [3.63, 3.8) is 0 Å². The van der Waals surface area contributed by atoms with Crippen molar-refractivity contribution in [3.05, 3.63) is 63.1 Å². The molecule has 1 amide bonds. The van der Waals surface area contributed by atoms with E-state index in [9.17, 15) is 13.6 Å². The largest absolute Gasteiger partial charge is 0.330 e. The van der Waals surface area contributed by atoms with Crippen LogP contribution in [0.25, 0.3) is 0 Å². The lowest BCUT2D eigenvalue weighted by atomic mass is 9.90. The lowest BCUT2D eigenvalue weighted by molar-refractivity contribution is -0.120. The molecule has 1 fully saturated rings. The maximum absolute atomic E-state index is 14.0. The third kappa shape index (κ3) is 5.82. The van der Waals surface area contributed by atoms with Gasteiger partial charge in [0, 0.05) is 19.0 Å². The summed E-state index contributed by atoms with van der Waals surface area (Å²) in [6.45, 7) is 0.959. The molecule has 1 heterocycles. The van der Waals surface area contributed by atoms with Gasteiger partial charge in [0.15, 0.2) is 0 Å². The Morgan fingerprint density at radius 1 is 1.14 bits per heavy atom. The molecule has 0 radical (unpaired) electrons. The number of anilines is 1. The average Bonchev–Trinajstić information content (AvgIpc) is 2.64. The summed E-state index contributed by atoms with van der Waals surface area (Å²) in [5, 5.41) is 0.836. The van der Waals surface area contributed by atoms with Gasteiger partial charge in [0.2, 0.25) is 5.91 Å². The Balaban J connectivity index is 0.00000300. The van der Waals surface area contributed by atoms with Crippen molar-refractivity contribution in [2.45, 2.75) is 32.1 Å². The van der Waals surface area contributed by atoms with Crippen molar-refractivity contribution in [3.8, 4) is 0 Å². The van der Waals surface area contributed by atoms with E-state index < -0.39 is 11.6 Å². The molecule has 1 saturated heterocycles. The first-order chi connectivity index (χ1) is 13.4. The van der Waals surface area contributed by atoms with Gasteiger partial charge in [-0.2, -0.15) is 0 Å². The van der Waals surface area contributed by atoms with Crippen LogP contribution in [0.3, 0.4) is 0 Å². The summed E-state index contributed by atoms with van der Waals surface area (Å²) in [6, 6.07) is 7.22. The molecule has 1 aliphatic heterocycles. The number of nitrogens with two attached hydrogens (primary N) is 1. The molecule has 0 aromatic heterocycles. The van der Waals surface area contributed by atoms with Gasteiger partial charge in [0.1, 0.15) is 11.6 Å². The fourth-order valence-electron chi connectivity index (χ4n) is 3.62. The van der Waals surface area contributed by atoms with Gasteiger partial charge >= 0.3 is 0 Å². The Kier molecular flexibility index (Phi) is 8.71. The van der Waals surface area contributed by atoms with E-state index in [1.807, 2.05) is 12.1 Å². The SMILES string of the molecule is Cl.NCCCc1cc(Cl)c(N2CC(Cc3ccc(F)cc3F)CCC2=O)c(Cl)c1. The fourth-order valence-corrected chi connectivity index (χ4v) is 4.36. The molecule has 1 unspecified atom stereocenters. The second-order valence-corrected chi connectivity index (χ2v) is 7.96. The number of aryl methyl sites for hydroxylation is 1. The minimum Gasteiger partial charge on any atom is -0.330 e. The van der Waals surface area contributed by atoms with Gasteiger partial charge in [0.05, 0.1) is 15.7 Å². The van der Waals surface area contributed by atoms with Crippen molar-refractivity contribution in [1.82, 2.24) is 0 Å². The fraction of sp³-hybridized carbons (Fsp3) is 0.381. The lowest BCUT2D eigenvalue weighted by Gasteiger charge is -2.34. The number of benzene rings is 2. The number of amides is 1. The van der Waals surface area contributed by atoms with E-state index in [0.29, 0.717) is 53.6 Å². The number of halogens is 5. The van der Waals surface area contributed by atoms with Crippen LogP contribution in [0.5, 0.6) is 0 Å². The Labute approximate surface area is 185 Å². The van der Waals surface area contributed by atoms with Gasteiger partial charge in [-0.25, -0.2) is 8.78 Å².